The van der Waals surface area contributed by atoms with Crippen LogP contribution in [0.4, 0.5) is 0 Å². The summed E-state index contributed by atoms with van der Waals surface area (Å²) in [5.41, 5.74) is 3.44. The van der Waals surface area contributed by atoms with Gasteiger partial charge in [0.05, 0.1) is 24.3 Å². The van der Waals surface area contributed by atoms with Gasteiger partial charge in [0, 0.05) is 0 Å². The summed E-state index contributed by atoms with van der Waals surface area (Å²) in [5.74, 6) is -2.11. The highest BCUT2D eigenvalue weighted by Gasteiger charge is 2.25. The lowest BCUT2D eigenvalue weighted by Crippen LogP contribution is -2.27. The minimum atomic E-state index is -1.12. The van der Waals surface area contributed by atoms with Crippen molar-refractivity contribution in [2.24, 2.45) is 0 Å². The Morgan fingerprint density at radius 3 is 2.00 bits per heavy atom. The lowest BCUT2D eigenvalue weighted by molar-refractivity contribution is 0.0677. The molecule has 0 bridgehead atoms. The van der Waals surface area contributed by atoms with E-state index in [0.29, 0.717) is 17.7 Å². The number of imidazole rings is 1. The molecule has 0 spiro atoms. The number of aromatic carboxylic acids is 2. The number of carboxylic acids is 2. The van der Waals surface area contributed by atoms with E-state index in [0.717, 1.165) is 29.5 Å². The molecule has 0 saturated heterocycles. The van der Waals surface area contributed by atoms with Crippen molar-refractivity contribution in [2.75, 3.05) is 0 Å². The molecule has 184 valence electrons. The van der Waals surface area contributed by atoms with E-state index in [-0.39, 0.29) is 30.0 Å². The van der Waals surface area contributed by atoms with Gasteiger partial charge in [-0.15, -0.1) is 0 Å². The minimum Gasteiger partial charge on any atom is -0.478 e. The normalized spacial score (nSPS) is 10.9. The van der Waals surface area contributed by atoms with Crippen LogP contribution in [0.15, 0.2) is 83.7 Å². The summed E-state index contributed by atoms with van der Waals surface area (Å²) >= 11 is 0. The average Bonchev–Trinajstić information content (AvgIpc) is 3.14. The van der Waals surface area contributed by atoms with E-state index in [9.17, 15) is 24.6 Å². The maximum absolute atomic E-state index is 13.5. The third-order valence-corrected chi connectivity index (χ3v) is 6.25. The molecule has 2 N–H and O–H groups in total. The molecule has 4 aromatic rings. The van der Waals surface area contributed by atoms with Crippen molar-refractivity contribution in [3.63, 3.8) is 0 Å². The topological polar surface area (TPSA) is 102 Å². The molecule has 0 aliphatic carbocycles. The van der Waals surface area contributed by atoms with Crippen LogP contribution < -0.4 is 5.69 Å². The van der Waals surface area contributed by atoms with Gasteiger partial charge in [-0.05, 0) is 41.2 Å². The van der Waals surface area contributed by atoms with Gasteiger partial charge in [-0.3, -0.25) is 9.13 Å². The quantitative estimate of drug-likeness (QED) is 0.324. The van der Waals surface area contributed by atoms with Crippen LogP contribution in [0.5, 0.6) is 0 Å². The van der Waals surface area contributed by atoms with Gasteiger partial charge in [0.2, 0.25) is 0 Å². The number of rotatable bonds is 10. The van der Waals surface area contributed by atoms with E-state index in [1.165, 1.54) is 4.57 Å². The van der Waals surface area contributed by atoms with Gasteiger partial charge in [0.25, 0.3) is 0 Å². The van der Waals surface area contributed by atoms with Crippen molar-refractivity contribution in [2.45, 2.75) is 39.3 Å². The molecular formula is C29H28N2O5. The Kier molecular flexibility index (Phi) is 7.49. The van der Waals surface area contributed by atoms with Crippen LogP contribution in [0.25, 0.3) is 11.1 Å². The van der Waals surface area contributed by atoms with Crippen molar-refractivity contribution >= 4 is 11.9 Å². The van der Waals surface area contributed by atoms with Crippen LogP contribution in [0.3, 0.4) is 0 Å². The van der Waals surface area contributed by atoms with E-state index in [4.69, 9.17) is 0 Å². The van der Waals surface area contributed by atoms with Gasteiger partial charge in [-0.2, -0.15) is 0 Å². The third-order valence-electron chi connectivity index (χ3n) is 6.25. The van der Waals surface area contributed by atoms with Gasteiger partial charge in [-0.25, -0.2) is 14.4 Å². The van der Waals surface area contributed by atoms with E-state index in [1.54, 1.807) is 28.8 Å². The number of hydrogen-bond donors (Lipinski definition) is 2. The zero-order valence-corrected chi connectivity index (χ0v) is 20.1. The van der Waals surface area contributed by atoms with Crippen LogP contribution in [-0.4, -0.2) is 31.3 Å². The van der Waals surface area contributed by atoms with E-state index in [2.05, 4.69) is 0 Å². The standard InChI is InChI=1S/C29H28N2O5/c1-2-3-13-25-26(28(34)35)31(19-20-9-5-4-6-10-20)29(36)30(25)18-21-14-16-22(17-15-21)23-11-7-8-12-24(23)27(32)33/h4-12,14-17H,2-3,13,18-19H2,1H3,(H,32,33)(H,34,35). The van der Waals surface area contributed by atoms with Crippen molar-refractivity contribution in [1.82, 2.24) is 9.13 Å². The summed E-state index contributed by atoms with van der Waals surface area (Å²) in [6.07, 6.45) is 2.12. The first-order valence-electron chi connectivity index (χ1n) is 11.9. The highest BCUT2D eigenvalue weighted by atomic mass is 16.4. The van der Waals surface area contributed by atoms with Gasteiger partial charge in [0.1, 0.15) is 0 Å². The number of unbranched alkanes of at least 4 members (excludes halogenated alkanes) is 1. The Morgan fingerprint density at radius 2 is 1.36 bits per heavy atom. The van der Waals surface area contributed by atoms with Crippen molar-refractivity contribution in [1.29, 1.82) is 0 Å². The molecule has 0 radical (unpaired) electrons. The second-order valence-electron chi connectivity index (χ2n) is 8.69. The van der Waals surface area contributed by atoms with Crippen molar-refractivity contribution in [3.05, 3.63) is 117 Å². The molecule has 1 aromatic heterocycles. The van der Waals surface area contributed by atoms with Crippen LogP contribution in [0, 0.1) is 0 Å². The molecule has 0 aliphatic heterocycles. The lowest BCUT2D eigenvalue weighted by atomic mass is 9.99. The predicted molar refractivity (Wildman–Crippen MR) is 138 cm³/mol. The summed E-state index contributed by atoms with van der Waals surface area (Å²) < 4.78 is 2.91. The number of carboxylic acid groups (broad SMARTS) is 2. The van der Waals surface area contributed by atoms with E-state index >= 15 is 0 Å². The predicted octanol–water partition coefficient (Wildman–Crippen LogP) is 5.15. The molecule has 0 unspecified atom stereocenters. The van der Waals surface area contributed by atoms with Crippen LogP contribution >= 0.6 is 0 Å². The molecule has 7 heteroatoms. The highest BCUT2D eigenvalue weighted by molar-refractivity contribution is 5.96. The highest BCUT2D eigenvalue weighted by Crippen LogP contribution is 2.25. The van der Waals surface area contributed by atoms with E-state index < -0.39 is 11.9 Å². The first kappa shape index (κ1) is 24.7. The fourth-order valence-corrected chi connectivity index (χ4v) is 4.45. The molecule has 1 heterocycles. The number of aromatic nitrogens is 2. The molecule has 3 aromatic carbocycles. The fraction of sp³-hybridized carbons (Fsp3) is 0.207. The fourth-order valence-electron chi connectivity index (χ4n) is 4.45. The van der Waals surface area contributed by atoms with Crippen LogP contribution in [-0.2, 0) is 19.5 Å². The molecular weight excluding hydrogens is 456 g/mol. The second-order valence-corrected chi connectivity index (χ2v) is 8.69. The Labute approximate surface area is 208 Å². The summed E-state index contributed by atoms with van der Waals surface area (Å²) in [6, 6.07) is 23.5. The molecule has 0 saturated carbocycles. The zero-order valence-electron chi connectivity index (χ0n) is 20.1. The lowest BCUT2D eigenvalue weighted by Gasteiger charge is -2.10. The maximum Gasteiger partial charge on any atom is 0.354 e. The van der Waals surface area contributed by atoms with Crippen molar-refractivity contribution < 1.29 is 19.8 Å². The molecule has 0 aliphatic rings. The van der Waals surface area contributed by atoms with Crippen molar-refractivity contribution in [3.8, 4) is 11.1 Å². The largest absolute Gasteiger partial charge is 0.478 e. The Morgan fingerprint density at radius 1 is 0.750 bits per heavy atom. The first-order valence-corrected chi connectivity index (χ1v) is 11.9. The maximum atomic E-state index is 13.5. The van der Waals surface area contributed by atoms with Crippen LogP contribution in [0.2, 0.25) is 0 Å². The Hall–Kier alpha value is -4.39. The Balaban J connectivity index is 1.73. The number of benzene rings is 3. The van der Waals surface area contributed by atoms with Gasteiger partial charge in [0.15, 0.2) is 5.69 Å². The smallest absolute Gasteiger partial charge is 0.354 e. The van der Waals surface area contributed by atoms with Gasteiger partial charge >= 0.3 is 17.6 Å². The summed E-state index contributed by atoms with van der Waals surface area (Å²) in [6.45, 7) is 2.43. The molecule has 4 rings (SSSR count). The molecule has 0 amide bonds. The number of hydrogen-bond acceptors (Lipinski definition) is 3. The number of nitrogens with zero attached hydrogens (tertiary/aromatic N) is 2. The van der Waals surface area contributed by atoms with E-state index in [1.807, 2.05) is 61.5 Å². The monoisotopic (exact) mass is 484 g/mol. The SMILES string of the molecule is CCCCc1c(C(=O)O)n(Cc2ccccc2)c(=O)n1Cc1ccc(-c2ccccc2C(=O)O)cc1. The summed E-state index contributed by atoms with van der Waals surface area (Å²) in [7, 11) is 0. The first-order chi connectivity index (χ1) is 17.4. The average molecular weight is 485 g/mol. The molecule has 7 nitrogen and oxygen atoms in total. The summed E-state index contributed by atoms with van der Waals surface area (Å²) in [5, 5.41) is 19.5. The Bertz CT molecular complexity index is 1430. The van der Waals surface area contributed by atoms with Gasteiger partial charge in [-0.1, -0.05) is 86.1 Å². The molecule has 36 heavy (non-hydrogen) atoms. The third kappa shape index (κ3) is 5.15. The molecule has 0 fully saturated rings. The minimum absolute atomic E-state index is 0.0318. The second kappa shape index (κ2) is 10.9. The van der Waals surface area contributed by atoms with Gasteiger partial charge < -0.3 is 10.2 Å². The molecule has 0 atom stereocenters. The number of carbonyl (C=O) groups is 2. The summed E-state index contributed by atoms with van der Waals surface area (Å²) in [4.78, 5) is 37.4. The van der Waals surface area contributed by atoms with Crippen LogP contribution in [0.1, 0.15) is 57.4 Å². The zero-order chi connectivity index (χ0) is 25.7.